The molecular weight excluding hydrogens is 200 g/mol. The van der Waals surface area contributed by atoms with Crippen LogP contribution in [0.15, 0.2) is 18.2 Å². The summed E-state index contributed by atoms with van der Waals surface area (Å²) in [6.07, 6.45) is -0.542. The summed E-state index contributed by atoms with van der Waals surface area (Å²) in [7, 11) is 0. The van der Waals surface area contributed by atoms with Crippen molar-refractivity contribution in [3.63, 3.8) is 0 Å². The molecule has 1 unspecified atom stereocenters. The number of benzene rings is 1. The van der Waals surface area contributed by atoms with Gasteiger partial charge in [0.15, 0.2) is 0 Å². The monoisotopic (exact) mass is 222 g/mol. The number of hydrogen-bond donors (Lipinski definition) is 1. The molecule has 0 aliphatic rings. The molecule has 0 fully saturated rings. The summed E-state index contributed by atoms with van der Waals surface area (Å²) >= 11 is 0. The fraction of sp³-hybridized carbons (Fsp3) is 0.571. The van der Waals surface area contributed by atoms with Crippen LogP contribution in [0.1, 0.15) is 43.6 Å². The van der Waals surface area contributed by atoms with E-state index in [1.54, 1.807) is 0 Å². The largest absolute Gasteiger partial charge is 0.386 e. The lowest BCUT2D eigenvalue weighted by molar-refractivity contribution is -0.0497. The number of aliphatic hydroxyl groups excluding tert-OH is 1. The molecule has 1 aromatic carbocycles. The lowest BCUT2D eigenvalue weighted by Gasteiger charge is -2.23. The Bertz CT molecular complexity index is 350. The van der Waals surface area contributed by atoms with E-state index in [-0.39, 0.29) is 5.60 Å². The standard InChI is InChI=1S/C14H22O2/c1-10-7-6-8-12(11(10)2)13(15)9-16-14(3,4)5/h6-8,13,15H,9H2,1-5H3. The molecule has 1 aromatic rings. The van der Waals surface area contributed by atoms with Crippen LogP contribution in [0.5, 0.6) is 0 Å². The highest BCUT2D eigenvalue weighted by atomic mass is 16.5. The van der Waals surface area contributed by atoms with Gasteiger partial charge in [0.05, 0.1) is 12.2 Å². The van der Waals surface area contributed by atoms with Gasteiger partial charge in [-0.2, -0.15) is 0 Å². The third-order valence-electron chi connectivity index (χ3n) is 2.68. The van der Waals surface area contributed by atoms with Gasteiger partial charge in [-0.25, -0.2) is 0 Å². The zero-order valence-corrected chi connectivity index (χ0v) is 10.9. The third kappa shape index (κ3) is 3.62. The lowest BCUT2D eigenvalue weighted by atomic mass is 9.99. The highest BCUT2D eigenvalue weighted by Crippen LogP contribution is 2.22. The Morgan fingerprint density at radius 3 is 2.44 bits per heavy atom. The maximum absolute atomic E-state index is 10.1. The van der Waals surface area contributed by atoms with E-state index >= 15 is 0 Å². The Morgan fingerprint density at radius 2 is 1.88 bits per heavy atom. The molecule has 1 rings (SSSR count). The molecule has 0 radical (unpaired) electrons. The number of rotatable bonds is 3. The fourth-order valence-corrected chi connectivity index (χ4v) is 1.55. The molecule has 0 spiro atoms. The summed E-state index contributed by atoms with van der Waals surface area (Å²) in [5.74, 6) is 0. The van der Waals surface area contributed by atoms with Crippen LogP contribution in [-0.2, 0) is 4.74 Å². The topological polar surface area (TPSA) is 29.5 Å². The molecule has 0 amide bonds. The molecule has 1 atom stereocenters. The molecule has 0 saturated heterocycles. The number of aliphatic hydroxyl groups is 1. The lowest BCUT2D eigenvalue weighted by Crippen LogP contribution is -2.23. The Balaban J connectivity index is 2.73. The normalized spacial score (nSPS) is 13.9. The molecule has 90 valence electrons. The summed E-state index contributed by atoms with van der Waals surface area (Å²) in [5.41, 5.74) is 3.10. The van der Waals surface area contributed by atoms with Gasteiger partial charge in [-0.1, -0.05) is 18.2 Å². The van der Waals surface area contributed by atoms with Gasteiger partial charge >= 0.3 is 0 Å². The van der Waals surface area contributed by atoms with E-state index in [1.807, 2.05) is 39.8 Å². The number of hydrogen-bond acceptors (Lipinski definition) is 2. The molecule has 0 saturated carbocycles. The van der Waals surface area contributed by atoms with Crippen LogP contribution in [0.25, 0.3) is 0 Å². The molecule has 0 aliphatic heterocycles. The van der Waals surface area contributed by atoms with Gasteiger partial charge in [-0.3, -0.25) is 0 Å². The van der Waals surface area contributed by atoms with Crippen LogP contribution in [0.4, 0.5) is 0 Å². The maximum atomic E-state index is 10.1. The Kier molecular flexibility index (Phi) is 4.11. The van der Waals surface area contributed by atoms with E-state index in [2.05, 4.69) is 13.0 Å². The first-order valence-electron chi connectivity index (χ1n) is 5.69. The number of ether oxygens (including phenoxy) is 1. The first kappa shape index (κ1) is 13.2. The van der Waals surface area contributed by atoms with Crippen molar-refractivity contribution in [3.8, 4) is 0 Å². The van der Waals surface area contributed by atoms with E-state index in [1.165, 1.54) is 5.56 Å². The minimum absolute atomic E-state index is 0.210. The highest BCUT2D eigenvalue weighted by Gasteiger charge is 2.16. The summed E-state index contributed by atoms with van der Waals surface area (Å²) in [6, 6.07) is 5.98. The van der Waals surface area contributed by atoms with Gasteiger partial charge in [0.1, 0.15) is 6.10 Å². The summed E-state index contributed by atoms with van der Waals surface area (Å²) in [6.45, 7) is 10.4. The van der Waals surface area contributed by atoms with Crippen molar-refractivity contribution in [1.82, 2.24) is 0 Å². The third-order valence-corrected chi connectivity index (χ3v) is 2.68. The molecule has 1 N–H and O–H groups in total. The second-order valence-electron chi connectivity index (χ2n) is 5.23. The van der Waals surface area contributed by atoms with Gasteiger partial charge in [0.2, 0.25) is 0 Å². The molecule has 0 bridgehead atoms. The van der Waals surface area contributed by atoms with Crippen molar-refractivity contribution in [2.75, 3.05) is 6.61 Å². The molecule has 0 aliphatic carbocycles. The van der Waals surface area contributed by atoms with Crippen molar-refractivity contribution in [1.29, 1.82) is 0 Å². The van der Waals surface area contributed by atoms with Crippen LogP contribution < -0.4 is 0 Å². The SMILES string of the molecule is Cc1cccc(C(O)COC(C)(C)C)c1C. The van der Waals surface area contributed by atoms with Crippen LogP contribution in [0.3, 0.4) is 0 Å². The van der Waals surface area contributed by atoms with E-state index < -0.39 is 6.10 Å². The predicted octanol–water partition coefficient (Wildman–Crippen LogP) is 3.15. The van der Waals surface area contributed by atoms with Crippen molar-refractivity contribution in [2.45, 2.75) is 46.3 Å². The van der Waals surface area contributed by atoms with Gasteiger partial charge in [-0.15, -0.1) is 0 Å². The highest BCUT2D eigenvalue weighted by molar-refractivity contribution is 5.34. The minimum Gasteiger partial charge on any atom is -0.386 e. The first-order chi connectivity index (χ1) is 7.31. The van der Waals surface area contributed by atoms with Gasteiger partial charge in [0.25, 0.3) is 0 Å². The number of aryl methyl sites for hydroxylation is 1. The zero-order valence-electron chi connectivity index (χ0n) is 10.9. The molecular formula is C14H22O2. The van der Waals surface area contributed by atoms with Crippen molar-refractivity contribution in [3.05, 3.63) is 34.9 Å². The van der Waals surface area contributed by atoms with Crippen LogP contribution in [-0.4, -0.2) is 17.3 Å². The van der Waals surface area contributed by atoms with Crippen LogP contribution in [0.2, 0.25) is 0 Å². The molecule has 2 nitrogen and oxygen atoms in total. The van der Waals surface area contributed by atoms with Crippen LogP contribution in [0, 0.1) is 13.8 Å². The van der Waals surface area contributed by atoms with E-state index in [4.69, 9.17) is 4.74 Å². The van der Waals surface area contributed by atoms with Gasteiger partial charge < -0.3 is 9.84 Å². The summed E-state index contributed by atoms with van der Waals surface area (Å²) in [5, 5.41) is 10.1. The van der Waals surface area contributed by atoms with Gasteiger partial charge in [0, 0.05) is 0 Å². The molecule has 2 heteroatoms. The van der Waals surface area contributed by atoms with Gasteiger partial charge in [-0.05, 0) is 51.3 Å². The van der Waals surface area contributed by atoms with E-state index in [0.717, 1.165) is 11.1 Å². The predicted molar refractivity (Wildman–Crippen MR) is 66.6 cm³/mol. The zero-order chi connectivity index (χ0) is 12.3. The fourth-order valence-electron chi connectivity index (χ4n) is 1.55. The molecule has 0 heterocycles. The molecule has 16 heavy (non-hydrogen) atoms. The van der Waals surface area contributed by atoms with E-state index in [9.17, 15) is 5.11 Å². The average Bonchev–Trinajstić information content (AvgIpc) is 2.17. The minimum atomic E-state index is -0.542. The summed E-state index contributed by atoms with van der Waals surface area (Å²) < 4.78 is 5.59. The molecule has 0 aromatic heterocycles. The Morgan fingerprint density at radius 1 is 1.25 bits per heavy atom. The van der Waals surface area contributed by atoms with Crippen molar-refractivity contribution >= 4 is 0 Å². The van der Waals surface area contributed by atoms with E-state index in [0.29, 0.717) is 6.61 Å². The second kappa shape index (κ2) is 4.98. The van der Waals surface area contributed by atoms with Crippen molar-refractivity contribution < 1.29 is 9.84 Å². The summed E-state index contributed by atoms with van der Waals surface area (Å²) in [4.78, 5) is 0. The van der Waals surface area contributed by atoms with Crippen LogP contribution >= 0.6 is 0 Å². The smallest absolute Gasteiger partial charge is 0.103 e. The Labute approximate surface area is 98.3 Å². The quantitative estimate of drug-likeness (QED) is 0.851. The first-order valence-corrected chi connectivity index (χ1v) is 5.69. The van der Waals surface area contributed by atoms with Crippen molar-refractivity contribution in [2.24, 2.45) is 0 Å². The second-order valence-corrected chi connectivity index (χ2v) is 5.23. The maximum Gasteiger partial charge on any atom is 0.103 e. The Hall–Kier alpha value is -0.860. The average molecular weight is 222 g/mol.